The van der Waals surface area contributed by atoms with Crippen molar-refractivity contribution in [2.24, 2.45) is 0 Å². The molecule has 1 N–H and O–H groups in total. The number of para-hydroxylation sites is 3. The number of amides is 2. The van der Waals surface area contributed by atoms with Crippen molar-refractivity contribution in [3.05, 3.63) is 54.1 Å². The number of hydrogen-bond donors (Lipinski definition) is 1. The van der Waals surface area contributed by atoms with Crippen LogP contribution in [0.1, 0.15) is 32.3 Å². The summed E-state index contributed by atoms with van der Waals surface area (Å²) in [6.07, 6.45) is 1.85. The average Bonchev–Trinajstić information content (AvgIpc) is 2.94. The van der Waals surface area contributed by atoms with Crippen LogP contribution in [0.25, 0.3) is 0 Å². The molecule has 1 saturated heterocycles. The van der Waals surface area contributed by atoms with Gasteiger partial charge in [-0.3, -0.25) is 9.59 Å². The Hall–Kier alpha value is -2.82. The number of carbonyl (C=O) groups excluding carboxylic acids is 2. The van der Waals surface area contributed by atoms with Gasteiger partial charge in [-0.15, -0.1) is 0 Å². The Kier molecular flexibility index (Phi) is 5.56. The third-order valence-electron chi connectivity index (χ3n) is 4.44. The summed E-state index contributed by atoms with van der Waals surface area (Å²) in [6.45, 7) is 4.62. The lowest BCUT2D eigenvalue weighted by molar-refractivity contribution is -0.121. The van der Waals surface area contributed by atoms with Gasteiger partial charge in [0.25, 0.3) is 5.91 Å². The van der Waals surface area contributed by atoms with E-state index < -0.39 is 6.04 Å². The van der Waals surface area contributed by atoms with Crippen LogP contribution in [0, 0.1) is 0 Å². The summed E-state index contributed by atoms with van der Waals surface area (Å²) < 4.78 is 5.72. The van der Waals surface area contributed by atoms with Crippen LogP contribution in [-0.2, 0) is 16.0 Å². The molecule has 136 valence electrons. The van der Waals surface area contributed by atoms with Crippen molar-refractivity contribution in [1.82, 2.24) is 0 Å². The van der Waals surface area contributed by atoms with Crippen LogP contribution in [0.3, 0.4) is 0 Å². The number of hydrogen-bond acceptors (Lipinski definition) is 4. The molecule has 0 aliphatic carbocycles. The second kappa shape index (κ2) is 8.04. The highest BCUT2D eigenvalue weighted by molar-refractivity contribution is 6.23. The van der Waals surface area contributed by atoms with E-state index in [0.29, 0.717) is 18.0 Å². The summed E-state index contributed by atoms with van der Waals surface area (Å²) in [7, 11) is 0. The van der Waals surface area contributed by atoms with Crippen LogP contribution in [0.2, 0.25) is 0 Å². The number of imide groups is 1. The largest absolute Gasteiger partial charge is 0.491 e. The lowest BCUT2D eigenvalue weighted by atomic mass is 10.1. The fraction of sp³-hybridized carbons (Fsp3) is 0.333. The van der Waals surface area contributed by atoms with Crippen molar-refractivity contribution < 1.29 is 14.3 Å². The zero-order chi connectivity index (χ0) is 18.5. The minimum absolute atomic E-state index is 0.138. The third kappa shape index (κ3) is 3.57. The highest BCUT2D eigenvalue weighted by Gasteiger charge is 2.40. The topological polar surface area (TPSA) is 58.6 Å². The fourth-order valence-corrected chi connectivity index (χ4v) is 3.13. The predicted molar refractivity (Wildman–Crippen MR) is 103 cm³/mol. The molecule has 26 heavy (non-hydrogen) atoms. The Morgan fingerprint density at radius 2 is 1.81 bits per heavy atom. The monoisotopic (exact) mass is 352 g/mol. The summed E-state index contributed by atoms with van der Waals surface area (Å²) in [6, 6.07) is 14.5. The second-order valence-electron chi connectivity index (χ2n) is 6.30. The van der Waals surface area contributed by atoms with Gasteiger partial charge in [0.2, 0.25) is 5.91 Å². The van der Waals surface area contributed by atoms with Crippen molar-refractivity contribution in [3.8, 4) is 5.75 Å². The minimum atomic E-state index is -0.561. The number of rotatable bonds is 7. The number of aryl methyl sites for hydroxylation is 1. The zero-order valence-electron chi connectivity index (χ0n) is 15.2. The summed E-state index contributed by atoms with van der Waals surface area (Å²) >= 11 is 0. The van der Waals surface area contributed by atoms with Crippen molar-refractivity contribution in [2.45, 2.75) is 39.2 Å². The summed E-state index contributed by atoms with van der Waals surface area (Å²) in [5, 5.41) is 3.25. The number of carbonyl (C=O) groups is 2. The minimum Gasteiger partial charge on any atom is -0.491 e. The maximum atomic E-state index is 12.9. The molecule has 1 unspecified atom stereocenters. The smallest absolute Gasteiger partial charge is 0.256 e. The number of benzene rings is 2. The average molecular weight is 352 g/mol. The summed E-state index contributed by atoms with van der Waals surface area (Å²) in [5.41, 5.74) is 2.54. The van der Waals surface area contributed by atoms with E-state index in [1.807, 2.05) is 43.3 Å². The highest BCUT2D eigenvalue weighted by atomic mass is 16.5. The highest BCUT2D eigenvalue weighted by Crippen LogP contribution is 2.33. The molecule has 2 aromatic rings. The van der Waals surface area contributed by atoms with Crippen molar-refractivity contribution >= 4 is 23.2 Å². The lowest BCUT2D eigenvalue weighted by Crippen LogP contribution is -2.35. The van der Waals surface area contributed by atoms with Crippen LogP contribution < -0.4 is 15.0 Å². The molecule has 0 saturated carbocycles. The summed E-state index contributed by atoms with van der Waals surface area (Å²) in [5.74, 6) is 0.105. The van der Waals surface area contributed by atoms with Gasteiger partial charge < -0.3 is 10.1 Å². The van der Waals surface area contributed by atoms with Crippen LogP contribution in [-0.4, -0.2) is 24.5 Å². The molecular weight excluding hydrogens is 328 g/mol. The maximum absolute atomic E-state index is 12.9. The number of anilines is 2. The quantitative estimate of drug-likeness (QED) is 0.771. The molecule has 1 fully saturated rings. The molecule has 0 aromatic heterocycles. The molecule has 0 spiro atoms. The first-order valence-corrected chi connectivity index (χ1v) is 9.08. The van der Waals surface area contributed by atoms with E-state index in [9.17, 15) is 9.59 Å². The Balaban J connectivity index is 1.84. The first-order valence-electron chi connectivity index (χ1n) is 9.08. The first-order chi connectivity index (χ1) is 12.7. The number of nitrogens with zero attached hydrogens (tertiary/aromatic N) is 1. The van der Waals surface area contributed by atoms with Gasteiger partial charge in [-0.05, 0) is 36.6 Å². The molecular formula is C21H24N2O3. The van der Waals surface area contributed by atoms with Gasteiger partial charge in [-0.25, -0.2) is 4.90 Å². The van der Waals surface area contributed by atoms with E-state index in [0.717, 1.165) is 24.1 Å². The van der Waals surface area contributed by atoms with Gasteiger partial charge in [0, 0.05) is 5.69 Å². The summed E-state index contributed by atoms with van der Waals surface area (Å²) in [4.78, 5) is 26.8. The van der Waals surface area contributed by atoms with E-state index in [1.165, 1.54) is 4.90 Å². The van der Waals surface area contributed by atoms with Crippen molar-refractivity contribution in [2.75, 3.05) is 16.8 Å². The van der Waals surface area contributed by atoms with E-state index in [2.05, 4.69) is 12.2 Å². The van der Waals surface area contributed by atoms with Gasteiger partial charge in [0.15, 0.2) is 0 Å². The van der Waals surface area contributed by atoms with Gasteiger partial charge in [0.05, 0.1) is 18.7 Å². The number of nitrogens with one attached hydrogen (secondary N) is 1. The second-order valence-corrected chi connectivity index (χ2v) is 6.30. The third-order valence-corrected chi connectivity index (χ3v) is 4.44. The molecule has 0 bridgehead atoms. The molecule has 1 aliphatic heterocycles. The molecule has 0 radical (unpaired) electrons. The molecule has 1 heterocycles. The molecule has 3 rings (SSSR count). The maximum Gasteiger partial charge on any atom is 0.256 e. The van der Waals surface area contributed by atoms with Gasteiger partial charge in [-0.2, -0.15) is 0 Å². The van der Waals surface area contributed by atoms with Crippen LogP contribution in [0.5, 0.6) is 5.75 Å². The van der Waals surface area contributed by atoms with Gasteiger partial charge in [-0.1, -0.05) is 44.2 Å². The molecule has 1 atom stereocenters. The molecule has 1 aliphatic rings. The van der Waals surface area contributed by atoms with Crippen LogP contribution in [0.15, 0.2) is 48.5 Å². The zero-order valence-corrected chi connectivity index (χ0v) is 15.2. The Morgan fingerprint density at radius 3 is 2.58 bits per heavy atom. The normalized spacial score (nSPS) is 16.8. The molecule has 5 nitrogen and oxygen atoms in total. The molecule has 2 amide bonds. The van der Waals surface area contributed by atoms with E-state index >= 15 is 0 Å². The predicted octanol–water partition coefficient (Wildman–Crippen LogP) is 3.78. The van der Waals surface area contributed by atoms with Gasteiger partial charge >= 0.3 is 0 Å². The Morgan fingerprint density at radius 1 is 1.08 bits per heavy atom. The van der Waals surface area contributed by atoms with E-state index in [4.69, 9.17) is 4.74 Å². The fourth-order valence-electron chi connectivity index (χ4n) is 3.13. The Bertz CT molecular complexity index is 803. The standard InChI is InChI=1S/C21H24N2O3/c1-3-13-26-19-12-8-7-11-18(19)23-20(24)14-17(21(23)25)22-16-10-6-5-9-15(16)4-2/h5-12,17,22H,3-4,13-14H2,1-2H3. The van der Waals surface area contributed by atoms with Gasteiger partial charge in [0.1, 0.15) is 11.8 Å². The van der Waals surface area contributed by atoms with Crippen LogP contribution in [0.4, 0.5) is 11.4 Å². The van der Waals surface area contributed by atoms with Crippen molar-refractivity contribution in [1.29, 1.82) is 0 Å². The van der Waals surface area contributed by atoms with Crippen molar-refractivity contribution in [3.63, 3.8) is 0 Å². The number of ether oxygens (including phenoxy) is 1. The first kappa shape index (κ1) is 18.0. The molecule has 5 heteroatoms. The van der Waals surface area contributed by atoms with Crippen LogP contribution >= 0.6 is 0 Å². The molecule has 2 aromatic carbocycles. The Labute approximate surface area is 154 Å². The van der Waals surface area contributed by atoms with E-state index in [-0.39, 0.29) is 18.2 Å². The lowest BCUT2D eigenvalue weighted by Gasteiger charge is -2.20. The SMILES string of the molecule is CCCOc1ccccc1N1C(=O)CC(Nc2ccccc2CC)C1=O. The van der Waals surface area contributed by atoms with E-state index in [1.54, 1.807) is 12.1 Å².